The largest absolute Gasteiger partial charge is 0.391 e. The first-order chi connectivity index (χ1) is 9.40. The van der Waals surface area contributed by atoms with Crippen LogP contribution >= 0.6 is 0 Å². The molecule has 1 aromatic rings. The standard InChI is InChI=1S/C11H15N3O5S/c15-10-4-2-1-3-9(10)13-20(18,19)8-5-6-11(12-7-8)14(16)17/h5-7,9-10,13,15H,1-4H2/t9-,10-/m1/s1. The van der Waals surface area contributed by atoms with Crippen molar-refractivity contribution in [2.45, 2.75) is 42.7 Å². The van der Waals surface area contributed by atoms with Crippen molar-refractivity contribution >= 4 is 15.8 Å². The van der Waals surface area contributed by atoms with Gasteiger partial charge in [-0.3, -0.25) is 0 Å². The highest BCUT2D eigenvalue weighted by Crippen LogP contribution is 2.21. The number of sulfonamides is 1. The maximum atomic E-state index is 12.1. The first-order valence-electron chi connectivity index (χ1n) is 6.21. The summed E-state index contributed by atoms with van der Waals surface area (Å²) >= 11 is 0. The molecule has 2 atom stereocenters. The van der Waals surface area contributed by atoms with E-state index in [1.165, 1.54) is 0 Å². The number of aliphatic hydroxyl groups is 1. The van der Waals surface area contributed by atoms with Crippen molar-refractivity contribution in [2.24, 2.45) is 0 Å². The van der Waals surface area contributed by atoms with E-state index in [4.69, 9.17) is 0 Å². The molecule has 0 unspecified atom stereocenters. The summed E-state index contributed by atoms with van der Waals surface area (Å²) < 4.78 is 26.6. The molecule has 0 amide bonds. The fourth-order valence-corrected chi connectivity index (χ4v) is 3.40. The average Bonchev–Trinajstić information content (AvgIpc) is 2.41. The highest BCUT2D eigenvalue weighted by Gasteiger charge is 2.28. The van der Waals surface area contributed by atoms with Crippen LogP contribution in [0.25, 0.3) is 0 Å². The van der Waals surface area contributed by atoms with Gasteiger partial charge in [0.2, 0.25) is 10.0 Å². The van der Waals surface area contributed by atoms with Crippen molar-refractivity contribution in [1.82, 2.24) is 9.71 Å². The van der Waals surface area contributed by atoms with Crippen LogP contribution in [0, 0.1) is 10.1 Å². The number of hydrogen-bond donors (Lipinski definition) is 2. The van der Waals surface area contributed by atoms with E-state index in [2.05, 4.69) is 9.71 Å². The third-order valence-corrected chi connectivity index (χ3v) is 4.73. The van der Waals surface area contributed by atoms with Gasteiger partial charge in [-0.1, -0.05) is 12.8 Å². The number of aliphatic hydroxyl groups excluding tert-OH is 1. The summed E-state index contributed by atoms with van der Waals surface area (Å²) in [5.74, 6) is -0.415. The maximum absolute atomic E-state index is 12.1. The van der Waals surface area contributed by atoms with Gasteiger partial charge >= 0.3 is 5.82 Å². The van der Waals surface area contributed by atoms with Gasteiger partial charge in [0, 0.05) is 12.1 Å². The van der Waals surface area contributed by atoms with Crippen molar-refractivity contribution in [3.63, 3.8) is 0 Å². The molecular formula is C11H15N3O5S. The lowest BCUT2D eigenvalue weighted by Crippen LogP contribution is -2.44. The van der Waals surface area contributed by atoms with E-state index in [1.54, 1.807) is 0 Å². The SMILES string of the molecule is O=[N+]([O-])c1ccc(S(=O)(=O)N[C@@H]2CCCC[C@H]2O)cn1. The molecule has 0 bridgehead atoms. The molecule has 1 saturated carbocycles. The van der Waals surface area contributed by atoms with E-state index in [1.807, 2.05) is 0 Å². The number of aromatic nitrogens is 1. The van der Waals surface area contributed by atoms with Crippen LogP contribution in [0.4, 0.5) is 5.82 Å². The summed E-state index contributed by atoms with van der Waals surface area (Å²) in [7, 11) is -3.83. The van der Waals surface area contributed by atoms with Crippen LogP contribution in [0.2, 0.25) is 0 Å². The molecule has 20 heavy (non-hydrogen) atoms. The van der Waals surface area contributed by atoms with Gasteiger partial charge in [0.05, 0.1) is 6.10 Å². The summed E-state index contributed by atoms with van der Waals surface area (Å²) in [6.07, 6.45) is 3.09. The number of nitrogens with zero attached hydrogens (tertiary/aromatic N) is 2. The fourth-order valence-electron chi connectivity index (χ4n) is 2.16. The predicted octanol–water partition coefficient (Wildman–Crippen LogP) is 0.572. The van der Waals surface area contributed by atoms with E-state index in [9.17, 15) is 23.6 Å². The molecule has 110 valence electrons. The van der Waals surface area contributed by atoms with Gasteiger partial charge in [-0.25, -0.2) is 13.1 Å². The Labute approximate surface area is 116 Å². The summed E-state index contributed by atoms with van der Waals surface area (Å²) in [5.41, 5.74) is 0. The second-order valence-corrected chi connectivity index (χ2v) is 6.40. The van der Waals surface area contributed by atoms with E-state index in [0.717, 1.165) is 31.2 Å². The highest BCUT2D eigenvalue weighted by atomic mass is 32.2. The second-order valence-electron chi connectivity index (χ2n) is 4.69. The lowest BCUT2D eigenvalue weighted by molar-refractivity contribution is -0.389. The number of nitrogens with one attached hydrogen (secondary N) is 1. The summed E-state index contributed by atoms with van der Waals surface area (Å²) in [6.45, 7) is 0. The van der Waals surface area contributed by atoms with Gasteiger partial charge in [0.15, 0.2) is 6.20 Å². The fraction of sp³-hybridized carbons (Fsp3) is 0.545. The molecule has 0 saturated heterocycles. The van der Waals surface area contributed by atoms with Gasteiger partial charge in [0.25, 0.3) is 0 Å². The van der Waals surface area contributed by atoms with Crippen molar-refractivity contribution in [3.05, 3.63) is 28.4 Å². The summed E-state index contributed by atoms with van der Waals surface area (Å²) in [6, 6.07) is 1.64. The van der Waals surface area contributed by atoms with Gasteiger partial charge in [-0.2, -0.15) is 0 Å². The van der Waals surface area contributed by atoms with Crippen LogP contribution in [0.1, 0.15) is 25.7 Å². The zero-order chi connectivity index (χ0) is 14.8. The van der Waals surface area contributed by atoms with Crippen LogP contribution in [-0.2, 0) is 10.0 Å². The minimum Gasteiger partial charge on any atom is -0.391 e. The summed E-state index contributed by atoms with van der Waals surface area (Å²) in [4.78, 5) is 13.1. The Hall–Kier alpha value is -1.58. The molecule has 1 aromatic heterocycles. The number of nitro groups is 1. The Morgan fingerprint density at radius 1 is 1.35 bits per heavy atom. The summed E-state index contributed by atoms with van der Waals surface area (Å²) in [5, 5.41) is 20.2. The van der Waals surface area contributed by atoms with Crippen LogP contribution in [-0.4, -0.2) is 35.6 Å². The first-order valence-corrected chi connectivity index (χ1v) is 7.69. The molecule has 1 heterocycles. The molecule has 1 fully saturated rings. The van der Waals surface area contributed by atoms with Gasteiger partial charge in [-0.05, 0) is 28.8 Å². The van der Waals surface area contributed by atoms with E-state index in [0.29, 0.717) is 12.8 Å². The highest BCUT2D eigenvalue weighted by molar-refractivity contribution is 7.89. The van der Waals surface area contributed by atoms with Crippen LogP contribution in [0.5, 0.6) is 0 Å². The average molecular weight is 301 g/mol. The molecule has 9 heteroatoms. The van der Waals surface area contributed by atoms with Crippen LogP contribution < -0.4 is 4.72 Å². The minimum atomic E-state index is -3.83. The number of pyridine rings is 1. The van der Waals surface area contributed by atoms with E-state index >= 15 is 0 Å². The normalized spacial score (nSPS) is 23.4. The molecule has 2 rings (SSSR count). The third-order valence-electron chi connectivity index (χ3n) is 3.25. The first kappa shape index (κ1) is 14.8. The molecule has 0 radical (unpaired) electrons. The lowest BCUT2D eigenvalue weighted by atomic mass is 9.93. The smallest absolute Gasteiger partial charge is 0.363 e. The Morgan fingerprint density at radius 2 is 2.05 bits per heavy atom. The molecular weight excluding hydrogens is 286 g/mol. The van der Waals surface area contributed by atoms with Crippen molar-refractivity contribution < 1.29 is 18.4 Å². The van der Waals surface area contributed by atoms with Gasteiger partial charge in [-0.15, -0.1) is 0 Å². The number of hydrogen-bond acceptors (Lipinski definition) is 6. The quantitative estimate of drug-likeness (QED) is 0.619. The third kappa shape index (κ3) is 3.30. The van der Waals surface area contributed by atoms with Crippen LogP contribution in [0.3, 0.4) is 0 Å². The zero-order valence-electron chi connectivity index (χ0n) is 10.6. The molecule has 1 aliphatic rings. The molecule has 0 aliphatic heterocycles. The topological polar surface area (TPSA) is 122 Å². The monoisotopic (exact) mass is 301 g/mol. The maximum Gasteiger partial charge on any atom is 0.363 e. The predicted molar refractivity (Wildman–Crippen MR) is 69.5 cm³/mol. The molecule has 1 aliphatic carbocycles. The molecule has 0 aromatic carbocycles. The number of rotatable bonds is 4. The Morgan fingerprint density at radius 3 is 2.60 bits per heavy atom. The lowest BCUT2D eigenvalue weighted by Gasteiger charge is -2.27. The van der Waals surface area contributed by atoms with Crippen molar-refractivity contribution in [1.29, 1.82) is 0 Å². The van der Waals surface area contributed by atoms with Gasteiger partial charge < -0.3 is 15.2 Å². The second kappa shape index (κ2) is 5.81. The zero-order valence-corrected chi connectivity index (χ0v) is 11.4. The van der Waals surface area contributed by atoms with Crippen LogP contribution in [0.15, 0.2) is 23.2 Å². The molecule has 0 spiro atoms. The van der Waals surface area contributed by atoms with Crippen molar-refractivity contribution in [3.8, 4) is 0 Å². The minimum absolute atomic E-state index is 0.152. The molecule has 2 N–H and O–H groups in total. The van der Waals surface area contributed by atoms with Crippen molar-refractivity contribution in [2.75, 3.05) is 0 Å². The van der Waals surface area contributed by atoms with Gasteiger partial charge in [0.1, 0.15) is 4.90 Å². The molecule has 8 nitrogen and oxygen atoms in total. The Bertz CT molecular complexity index is 587. The Kier molecular flexibility index (Phi) is 4.31. The van der Waals surface area contributed by atoms with E-state index in [-0.39, 0.29) is 4.90 Å². The Balaban J connectivity index is 2.15. The van der Waals surface area contributed by atoms with E-state index < -0.39 is 32.9 Å².